The van der Waals surface area contributed by atoms with E-state index in [-0.39, 0.29) is 0 Å². The first-order chi connectivity index (χ1) is 7.58. The maximum absolute atomic E-state index is 8.49. The molecule has 5 nitrogen and oxygen atoms in total. The minimum absolute atomic E-state index is 0.691. The van der Waals surface area contributed by atoms with Crippen molar-refractivity contribution in [1.82, 2.24) is 0 Å². The molecule has 0 radical (unpaired) electrons. The van der Waals surface area contributed by atoms with Gasteiger partial charge in [-0.1, -0.05) is 24.3 Å². The molecule has 0 unspecified atom stereocenters. The second kappa shape index (κ2) is 7.10. The van der Waals surface area contributed by atoms with Gasteiger partial charge in [-0.3, -0.25) is 0 Å². The van der Waals surface area contributed by atoms with Gasteiger partial charge in [0.1, 0.15) is 0 Å². The molecule has 100 valence electrons. The van der Waals surface area contributed by atoms with Crippen LogP contribution < -0.4 is 18.6 Å². The van der Waals surface area contributed by atoms with Crippen LogP contribution in [0.2, 0.25) is 0 Å². The lowest BCUT2D eigenvalue weighted by Crippen LogP contribution is -2.68. The van der Waals surface area contributed by atoms with Crippen molar-refractivity contribution in [2.45, 2.75) is 12.8 Å². The van der Waals surface area contributed by atoms with E-state index in [0.29, 0.717) is 5.92 Å². The van der Waals surface area contributed by atoms with E-state index in [1.807, 2.05) is 0 Å². The number of nitrogens with zero attached hydrogens (tertiary/aromatic N) is 1. The maximum Gasteiger partial charge on any atom is 0.0789 e. The number of hydrogen-bond donors (Lipinski definition) is 0. The Morgan fingerprint density at radius 3 is 1.82 bits per heavy atom. The largest absolute Gasteiger partial charge is 0.331 e. The Kier molecular flexibility index (Phi) is 6.92. The lowest BCUT2D eigenvalue weighted by Gasteiger charge is -2.25. The summed E-state index contributed by atoms with van der Waals surface area (Å²) in [6.45, 7) is 1.25. The zero-order chi connectivity index (χ0) is 13.5. The van der Waals surface area contributed by atoms with Crippen LogP contribution in [0.1, 0.15) is 12.8 Å². The number of halogens is 1. The van der Waals surface area contributed by atoms with Gasteiger partial charge >= 0.3 is 0 Å². The summed E-state index contributed by atoms with van der Waals surface area (Å²) in [5.74, 6) is 0.691. The van der Waals surface area contributed by atoms with Crippen LogP contribution >= 0.6 is 0 Å². The van der Waals surface area contributed by atoms with Gasteiger partial charge < -0.3 is 4.48 Å². The SMILES string of the molecule is C[N+](C)(C)CCC1C=CCC=C1.[O-][Cl+3]([O-])([O-])[O-]. The van der Waals surface area contributed by atoms with Crippen LogP contribution in [0.4, 0.5) is 0 Å². The second-order valence-electron chi connectivity index (χ2n) is 4.94. The first kappa shape index (κ1) is 16.6. The number of rotatable bonds is 3. The van der Waals surface area contributed by atoms with Crippen molar-refractivity contribution >= 4 is 0 Å². The molecular weight excluding hydrogens is 246 g/mol. The van der Waals surface area contributed by atoms with Gasteiger partial charge in [0, 0.05) is 12.3 Å². The Morgan fingerprint density at radius 1 is 1.06 bits per heavy atom. The third-order valence-corrected chi connectivity index (χ3v) is 2.17. The first-order valence-corrected chi connectivity index (χ1v) is 6.57. The summed E-state index contributed by atoms with van der Waals surface area (Å²) in [4.78, 5) is 0. The molecular formula is C11H20ClNO4. The lowest BCUT2D eigenvalue weighted by molar-refractivity contribution is -2.00. The van der Waals surface area contributed by atoms with Crippen LogP contribution in [-0.4, -0.2) is 32.2 Å². The Labute approximate surface area is 105 Å². The summed E-state index contributed by atoms with van der Waals surface area (Å²) in [6.07, 6.45) is 11.6. The standard InChI is InChI=1S/C11H20N.ClHO4/c1-12(2,3)10-9-11-7-5-4-6-8-11;2-1(3,4)5/h5-8,11H,4,9-10H2,1-3H3;(H,2,3,4,5)/q+1;/p-1. The average Bonchev–Trinajstić information content (AvgIpc) is 2.13. The molecule has 0 atom stereocenters. The summed E-state index contributed by atoms with van der Waals surface area (Å²) in [5.41, 5.74) is 0. The van der Waals surface area contributed by atoms with Crippen LogP contribution in [0, 0.1) is 16.2 Å². The molecule has 6 heteroatoms. The van der Waals surface area contributed by atoms with Gasteiger partial charge in [0.15, 0.2) is 0 Å². The molecule has 0 saturated heterocycles. The van der Waals surface area contributed by atoms with Crippen molar-refractivity contribution in [3.8, 4) is 0 Å². The molecule has 17 heavy (non-hydrogen) atoms. The first-order valence-electron chi connectivity index (χ1n) is 5.33. The molecule has 1 aliphatic carbocycles. The van der Waals surface area contributed by atoms with Crippen molar-refractivity contribution in [2.24, 2.45) is 5.92 Å². The van der Waals surface area contributed by atoms with Gasteiger partial charge in [0.25, 0.3) is 0 Å². The van der Waals surface area contributed by atoms with Gasteiger partial charge in [-0.2, -0.15) is 0 Å². The molecule has 1 aliphatic rings. The molecule has 1 rings (SSSR count). The predicted molar refractivity (Wildman–Crippen MR) is 53.9 cm³/mol. The summed E-state index contributed by atoms with van der Waals surface area (Å²) >= 11 is 0. The highest BCUT2D eigenvalue weighted by Crippen LogP contribution is 2.14. The molecule has 0 aromatic rings. The van der Waals surface area contributed by atoms with Crippen LogP contribution in [0.5, 0.6) is 0 Å². The van der Waals surface area contributed by atoms with E-state index in [2.05, 4.69) is 45.4 Å². The van der Waals surface area contributed by atoms with Crippen molar-refractivity contribution in [3.05, 3.63) is 24.3 Å². The van der Waals surface area contributed by atoms with Crippen molar-refractivity contribution in [3.63, 3.8) is 0 Å². The molecule has 0 amide bonds. The van der Waals surface area contributed by atoms with E-state index in [4.69, 9.17) is 18.6 Å². The number of allylic oxidation sites excluding steroid dienone is 4. The Balaban J connectivity index is 0.000000437. The van der Waals surface area contributed by atoms with Crippen LogP contribution in [0.25, 0.3) is 0 Å². The lowest BCUT2D eigenvalue weighted by atomic mass is 9.99. The van der Waals surface area contributed by atoms with Gasteiger partial charge in [-0.15, -0.1) is 10.2 Å². The molecule has 0 N–H and O–H groups in total. The number of hydrogen-bond acceptors (Lipinski definition) is 4. The molecule has 0 aromatic heterocycles. The maximum atomic E-state index is 8.49. The summed E-state index contributed by atoms with van der Waals surface area (Å²) in [6, 6.07) is 0. The Bertz CT molecular complexity index is 248. The van der Waals surface area contributed by atoms with E-state index in [9.17, 15) is 0 Å². The topological polar surface area (TPSA) is 92.2 Å². The predicted octanol–water partition coefficient (Wildman–Crippen LogP) is -2.54. The summed E-state index contributed by atoms with van der Waals surface area (Å²) < 4.78 is 35.0. The van der Waals surface area contributed by atoms with Gasteiger partial charge in [-0.05, 0) is 6.42 Å². The number of quaternary nitrogens is 1. The Hall–Kier alpha value is -0.430. The second-order valence-corrected chi connectivity index (χ2v) is 5.69. The minimum Gasteiger partial charge on any atom is -0.331 e. The third-order valence-electron chi connectivity index (χ3n) is 2.17. The normalized spacial score (nSPS) is 16.6. The molecule has 0 saturated carbocycles. The summed E-state index contributed by atoms with van der Waals surface area (Å²) in [7, 11) is 1.79. The molecule has 0 fully saturated rings. The molecule has 0 bridgehead atoms. The van der Waals surface area contributed by atoms with E-state index >= 15 is 0 Å². The zero-order valence-electron chi connectivity index (χ0n) is 10.5. The fourth-order valence-corrected chi connectivity index (χ4v) is 1.38. The molecule has 0 heterocycles. The van der Waals surface area contributed by atoms with Gasteiger partial charge in [0.05, 0.1) is 27.7 Å². The van der Waals surface area contributed by atoms with Crippen LogP contribution in [0.3, 0.4) is 0 Å². The van der Waals surface area contributed by atoms with E-state index < -0.39 is 10.2 Å². The minimum atomic E-state index is -4.94. The fourth-order valence-electron chi connectivity index (χ4n) is 1.38. The fraction of sp³-hybridized carbons (Fsp3) is 0.636. The van der Waals surface area contributed by atoms with Crippen molar-refractivity contribution in [2.75, 3.05) is 27.7 Å². The highest BCUT2D eigenvalue weighted by Gasteiger charge is 2.10. The van der Waals surface area contributed by atoms with Gasteiger partial charge in [0.2, 0.25) is 0 Å². The quantitative estimate of drug-likeness (QED) is 0.415. The highest BCUT2D eigenvalue weighted by atomic mass is 35.7. The summed E-state index contributed by atoms with van der Waals surface area (Å²) in [5, 5.41) is 0. The van der Waals surface area contributed by atoms with E-state index in [0.717, 1.165) is 10.9 Å². The Morgan fingerprint density at radius 2 is 1.47 bits per heavy atom. The van der Waals surface area contributed by atoms with Gasteiger partial charge in [-0.25, -0.2) is 18.6 Å². The molecule has 0 aromatic carbocycles. The smallest absolute Gasteiger partial charge is 0.0789 e. The molecule has 0 aliphatic heterocycles. The molecule has 0 spiro atoms. The van der Waals surface area contributed by atoms with E-state index in [1.54, 1.807) is 0 Å². The van der Waals surface area contributed by atoms with Crippen molar-refractivity contribution in [1.29, 1.82) is 0 Å². The monoisotopic (exact) mass is 265 g/mol. The average molecular weight is 266 g/mol. The highest BCUT2D eigenvalue weighted by molar-refractivity contribution is 5.08. The van der Waals surface area contributed by atoms with Crippen molar-refractivity contribution < 1.29 is 33.4 Å². The van der Waals surface area contributed by atoms with E-state index in [1.165, 1.54) is 13.0 Å². The van der Waals surface area contributed by atoms with Crippen LogP contribution in [0.15, 0.2) is 24.3 Å². The van der Waals surface area contributed by atoms with Crippen LogP contribution in [-0.2, 0) is 0 Å². The third kappa shape index (κ3) is 15.6. The zero-order valence-corrected chi connectivity index (χ0v) is 11.2.